The third-order valence-electron chi connectivity index (χ3n) is 4.01. The smallest absolute Gasteiger partial charge is 0.379 e. The number of benzene rings is 1. The minimum atomic E-state index is -4.69. The van der Waals surface area contributed by atoms with Crippen LogP contribution in [0.15, 0.2) is 28.8 Å². The Bertz CT molecular complexity index is 785. The lowest BCUT2D eigenvalue weighted by atomic mass is 9.87. The fraction of sp³-hybridized carbons (Fsp3) is 0.438. The van der Waals surface area contributed by atoms with Gasteiger partial charge in [0.25, 0.3) is 5.91 Å². The van der Waals surface area contributed by atoms with Gasteiger partial charge >= 0.3 is 12.1 Å². The number of carbonyl (C=O) groups is 1. The molecule has 2 heterocycles. The highest BCUT2D eigenvalue weighted by atomic mass is 19.4. The summed E-state index contributed by atoms with van der Waals surface area (Å²) >= 11 is 0. The summed E-state index contributed by atoms with van der Waals surface area (Å²) in [5.41, 5.74) is 0.490. The van der Waals surface area contributed by atoms with Gasteiger partial charge in [-0.25, -0.2) is 5.06 Å². The maximum atomic E-state index is 12.5. The minimum absolute atomic E-state index is 0.164. The molecule has 2 aromatic rings. The van der Waals surface area contributed by atoms with E-state index in [1.807, 2.05) is 0 Å². The van der Waals surface area contributed by atoms with Crippen molar-refractivity contribution >= 4 is 5.91 Å². The molecule has 26 heavy (non-hydrogen) atoms. The highest BCUT2D eigenvalue weighted by Gasteiger charge is 2.44. The van der Waals surface area contributed by atoms with Crippen LogP contribution in [0, 0.1) is 5.41 Å². The molecule has 0 spiro atoms. The molecule has 10 heteroatoms. The third-order valence-corrected chi connectivity index (χ3v) is 4.01. The summed E-state index contributed by atoms with van der Waals surface area (Å²) in [6.45, 7) is 2.65. The van der Waals surface area contributed by atoms with E-state index >= 15 is 0 Å². The Labute approximate surface area is 146 Å². The van der Waals surface area contributed by atoms with Gasteiger partial charge in [0.15, 0.2) is 0 Å². The standard InChI is InChI=1S/C16H16F3N3O4/c1-15(8-25-9-15)14(23)22(24-2)7-10-3-5-11(6-4-10)12-20-13(26-21-12)16(17,18)19/h3-6H,7-9H2,1-2H3. The van der Waals surface area contributed by atoms with Crippen LogP contribution in [0.5, 0.6) is 0 Å². The molecule has 3 rings (SSSR count). The number of rotatable bonds is 5. The average molecular weight is 371 g/mol. The number of amides is 1. The second-order valence-electron chi connectivity index (χ2n) is 6.20. The van der Waals surface area contributed by atoms with E-state index in [0.717, 1.165) is 5.56 Å². The SMILES string of the molecule is CON(Cc1ccc(-c2noc(C(F)(F)F)n2)cc1)C(=O)C1(C)COC1. The Morgan fingerprint density at radius 1 is 1.31 bits per heavy atom. The first-order valence-corrected chi connectivity index (χ1v) is 7.67. The molecule has 140 valence electrons. The van der Waals surface area contributed by atoms with Crippen molar-refractivity contribution in [1.82, 2.24) is 15.2 Å². The van der Waals surface area contributed by atoms with Crippen molar-refractivity contribution in [3.63, 3.8) is 0 Å². The summed E-state index contributed by atoms with van der Waals surface area (Å²) in [4.78, 5) is 20.9. The molecule has 0 atom stereocenters. The molecule has 1 fully saturated rings. The summed E-state index contributed by atoms with van der Waals surface area (Å²) in [6.07, 6.45) is -4.69. The number of ether oxygens (including phenoxy) is 1. The lowest BCUT2D eigenvalue weighted by molar-refractivity contribution is -0.210. The first kappa shape index (κ1) is 18.3. The quantitative estimate of drug-likeness (QED) is 0.752. The van der Waals surface area contributed by atoms with E-state index < -0.39 is 17.5 Å². The zero-order valence-electron chi connectivity index (χ0n) is 14.0. The van der Waals surface area contributed by atoms with E-state index in [1.165, 1.54) is 12.2 Å². The van der Waals surface area contributed by atoms with Crippen molar-refractivity contribution in [1.29, 1.82) is 0 Å². The van der Waals surface area contributed by atoms with Gasteiger partial charge in [0, 0.05) is 5.56 Å². The van der Waals surface area contributed by atoms with E-state index in [1.54, 1.807) is 31.2 Å². The van der Waals surface area contributed by atoms with Gasteiger partial charge in [-0.05, 0) is 12.5 Å². The van der Waals surface area contributed by atoms with Crippen molar-refractivity contribution in [2.24, 2.45) is 5.41 Å². The average Bonchev–Trinajstić information content (AvgIpc) is 3.08. The van der Waals surface area contributed by atoms with Crippen LogP contribution in [0.4, 0.5) is 13.2 Å². The van der Waals surface area contributed by atoms with Gasteiger partial charge in [0.2, 0.25) is 5.82 Å². The molecule has 0 N–H and O–H groups in total. The van der Waals surface area contributed by atoms with Crippen LogP contribution in [0.3, 0.4) is 0 Å². The van der Waals surface area contributed by atoms with Crippen LogP contribution >= 0.6 is 0 Å². The van der Waals surface area contributed by atoms with Gasteiger partial charge in [0.1, 0.15) is 0 Å². The lowest BCUT2D eigenvalue weighted by Crippen LogP contribution is -2.52. The van der Waals surface area contributed by atoms with Crippen molar-refractivity contribution < 1.29 is 32.1 Å². The summed E-state index contributed by atoms with van der Waals surface area (Å²) in [5.74, 6) is -1.75. The number of hydrogen-bond donors (Lipinski definition) is 0. The Balaban J connectivity index is 1.71. The fourth-order valence-electron chi connectivity index (χ4n) is 2.43. The van der Waals surface area contributed by atoms with Crippen molar-refractivity contribution in [3.05, 3.63) is 35.7 Å². The molecule has 0 aliphatic carbocycles. The van der Waals surface area contributed by atoms with Crippen LogP contribution in [-0.4, -0.2) is 41.4 Å². The van der Waals surface area contributed by atoms with Crippen LogP contribution in [0.1, 0.15) is 18.4 Å². The third kappa shape index (κ3) is 3.56. The number of halogens is 3. The molecule has 1 aromatic carbocycles. The zero-order chi connectivity index (χ0) is 18.9. The number of alkyl halides is 3. The Hall–Kier alpha value is -2.46. The molecule has 0 bridgehead atoms. The molecule has 0 saturated carbocycles. The lowest BCUT2D eigenvalue weighted by Gasteiger charge is -2.39. The van der Waals surface area contributed by atoms with E-state index in [-0.39, 0.29) is 18.3 Å². The zero-order valence-corrected chi connectivity index (χ0v) is 14.0. The van der Waals surface area contributed by atoms with Gasteiger partial charge in [-0.15, -0.1) is 0 Å². The normalized spacial score (nSPS) is 16.2. The van der Waals surface area contributed by atoms with Crippen molar-refractivity contribution in [3.8, 4) is 11.4 Å². The van der Waals surface area contributed by atoms with E-state index in [2.05, 4.69) is 14.7 Å². The molecular weight excluding hydrogens is 355 g/mol. The van der Waals surface area contributed by atoms with Crippen LogP contribution in [-0.2, 0) is 27.1 Å². The molecule has 1 saturated heterocycles. The predicted octanol–water partition coefficient (Wildman–Crippen LogP) is 2.68. The fourth-order valence-corrected chi connectivity index (χ4v) is 2.43. The van der Waals surface area contributed by atoms with Gasteiger partial charge in [-0.3, -0.25) is 9.63 Å². The van der Waals surface area contributed by atoms with Crippen LogP contribution < -0.4 is 0 Å². The second kappa shape index (κ2) is 6.69. The predicted molar refractivity (Wildman–Crippen MR) is 81.2 cm³/mol. The second-order valence-corrected chi connectivity index (χ2v) is 6.20. The molecule has 1 aliphatic rings. The number of hydroxylamine groups is 2. The highest BCUT2D eigenvalue weighted by Crippen LogP contribution is 2.31. The van der Waals surface area contributed by atoms with E-state index in [0.29, 0.717) is 18.8 Å². The summed E-state index contributed by atoms with van der Waals surface area (Å²) in [6, 6.07) is 6.40. The molecule has 1 aliphatic heterocycles. The first-order valence-electron chi connectivity index (χ1n) is 7.67. The number of hydrogen-bond acceptors (Lipinski definition) is 6. The summed E-state index contributed by atoms with van der Waals surface area (Å²) in [7, 11) is 1.40. The molecule has 0 radical (unpaired) electrons. The van der Waals surface area contributed by atoms with Gasteiger partial charge in [0.05, 0.1) is 32.3 Å². The number of aromatic nitrogens is 2. The highest BCUT2D eigenvalue weighted by molar-refractivity contribution is 5.82. The largest absolute Gasteiger partial charge is 0.471 e. The molecule has 7 nitrogen and oxygen atoms in total. The van der Waals surface area contributed by atoms with Crippen LogP contribution in [0.2, 0.25) is 0 Å². The van der Waals surface area contributed by atoms with Crippen LogP contribution in [0.25, 0.3) is 11.4 Å². The van der Waals surface area contributed by atoms with Gasteiger partial charge in [-0.2, -0.15) is 18.2 Å². The van der Waals surface area contributed by atoms with Gasteiger partial charge in [-0.1, -0.05) is 29.4 Å². The minimum Gasteiger partial charge on any atom is -0.379 e. The topological polar surface area (TPSA) is 77.7 Å². The Kier molecular flexibility index (Phi) is 4.72. The molecule has 1 amide bonds. The van der Waals surface area contributed by atoms with Gasteiger partial charge < -0.3 is 9.26 Å². The monoisotopic (exact) mass is 371 g/mol. The molecule has 1 aromatic heterocycles. The molecule has 0 unspecified atom stereocenters. The Morgan fingerprint density at radius 2 is 1.96 bits per heavy atom. The maximum absolute atomic E-state index is 12.5. The number of nitrogens with zero attached hydrogens (tertiary/aromatic N) is 3. The number of carbonyl (C=O) groups excluding carboxylic acids is 1. The van der Waals surface area contributed by atoms with E-state index in [4.69, 9.17) is 9.57 Å². The summed E-state index contributed by atoms with van der Waals surface area (Å²) in [5, 5.41) is 4.56. The Morgan fingerprint density at radius 3 is 2.42 bits per heavy atom. The van der Waals surface area contributed by atoms with E-state index in [9.17, 15) is 18.0 Å². The maximum Gasteiger partial charge on any atom is 0.471 e. The molecular formula is C16H16F3N3O4. The van der Waals surface area contributed by atoms with Crippen molar-refractivity contribution in [2.45, 2.75) is 19.6 Å². The first-order chi connectivity index (χ1) is 12.2. The van der Waals surface area contributed by atoms with Crippen molar-refractivity contribution in [2.75, 3.05) is 20.3 Å². The summed E-state index contributed by atoms with van der Waals surface area (Å²) < 4.78 is 46.8.